The second-order valence-corrected chi connectivity index (χ2v) is 5.22. The van der Waals surface area contributed by atoms with Crippen LogP contribution in [0.4, 0.5) is 11.4 Å². The second kappa shape index (κ2) is 7.78. The smallest absolute Gasteiger partial charge is 0.340 e. The third-order valence-corrected chi connectivity index (χ3v) is 3.42. The molecule has 0 radical (unpaired) electrons. The van der Waals surface area contributed by atoms with Crippen LogP contribution in [0.25, 0.3) is 0 Å². The quantitative estimate of drug-likeness (QED) is 0.471. The molecule has 0 fully saturated rings. The summed E-state index contributed by atoms with van der Waals surface area (Å²) in [5.41, 5.74) is 8.02. The van der Waals surface area contributed by atoms with Gasteiger partial charge in [-0.3, -0.25) is 0 Å². The molecule has 1 aromatic carbocycles. The number of nitrogens with zero attached hydrogens (tertiary/aromatic N) is 1. The third-order valence-electron chi connectivity index (χ3n) is 3.42. The largest absolute Gasteiger partial charge is 0.465 e. The molecule has 2 N–H and O–H groups in total. The summed E-state index contributed by atoms with van der Waals surface area (Å²) in [5, 5.41) is 0. The van der Waals surface area contributed by atoms with Crippen molar-refractivity contribution in [1.82, 2.24) is 0 Å². The molecule has 0 bridgehead atoms. The average molecular weight is 278 g/mol. The Hall–Kier alpha value is -1.71. The normalized spacial score (nSPS) is 10.7. The molecule has 0 aliphatic carbocycles. The van der Waals surface area contributed by atoms with E-state index in [2.05, 4.69) is 25.7 Å². The van der Waals surface area contributed by atoms with Crippen LogP contribution in [0.5, 0.6) is 0 Å². The lowest BCUT2D eigenvalue weighted by Crippen LogP contribution is -2.32. The number of ether oxygens (including phenoxy) is 1. The SMILES string of the molecule is CCCCCN(c1cccc(C(=O)OC)c1N)C(C)C. The monoisotopic (exact) mass is 278 g/mol. The Balaban J connectivity index is 3.04. The summed E-state index contributed by atoms with van der Waals surface area (Å²) >= 11 is 0. The van der Waals surface area contributed by atoms with Gasteiger partial charge in [0.1, 0.15) is 0 Å². The van der Waals surface area contributed by atoms with Crippen molar-refractivity contribution in [2.24, 2.45) is 0 Å². The van der Waals surface area contributed by atoms with Gasteiger partial charge in [-0.15, -0.1) is 0 Å². The molecular formula is C16H26N2O2. The van der Waals surface area contributed by atoms with Crippen LogP contribution < -0.4 is 10.6 Å². The zero-order valence-corrected chi connectivity index (χ0v) is 13.0. The van der Waals surface area contributed by atoms with E-state index in [0.29, 0.717) is 17.3 Å². The van der Waals surface area contributed by atoms with Crippen molar-refractivity contribution in [2.45, 2.75) is 46.1 Å². The van der Waals surface area contributed by atoms with E-state index in [1.807, 2.05) is 12.1 Å². The van der Waals surface area contributed by atoms with Crippen LogP contribution in [0.3, 0.4) is 0 Å². The van der Waals surface area contributed by atoms with Gasteiger partial charge in [0, 0.05) is 12.6 Å². The van der Waals surface area contributed by atoms with Crippen molar-refractivity contribution >= 4 is 17.3 Å². The van der Waals surface area contributed by atoms with E-state index in [9.17, 15) is 4.79 Å². The molecule has 0 aromatic heterocycles. The summed E-state index contributed by atoms with van der Waals surface area (Å²) in [6.07, 6.45) is 3.50. The minimum absolute atomic E-state index is 0.335. The predicted molar refractivity (Wildman–Crippen MR) is 84.2 cm³/mol. The second-order valence-electron chi connectivity index (χ2n) is 5.22. The fraction of sp³-hybridized carbons (Fsp3) is 0.562. The van der Waals surface area contributed by atoms with Gasteiger partial charge in [0.25, 0.3) is 0 Å². The molecule has 1 aromatic rings. The Labute approximate surface area is 121 Å². The van der Waals surface area contributed by atoms with Crippen LogP contribution in [0.2, 0.25) is 0 Å². The molecule has 20 heavy (non-hydrogen) atoms. The molecule has 1 rings (SSSR count). The molecule has 0 saturated carbocycles. The highest BCUT2D eigenvalue weighted by Crippen LogP contribution is 2.29. The highest BCUT2D eigenvalue weighted by Gasteiger charge is 2.18. The first-order chi connectivity index (χ1) is 9.52. The summed E-state index contributed by atoms with van der Waals surface area (Å²) in [6.45, 7) is 7.40. The van der Waals surface area contributed by atoms with Gasteiger partial charge in [-0.1, -0.05) is 25.8 Å². The zero-order valence-electron chi connectivity index (χ0n) is 13.0. The van der Waals surface area contributed by atoms with Gasteiger partial charge < -0.3 is 15.4 Å². The first-order valence-electron chi connectivity index (χ1n) is 7.26. The Bertz CT molecular complexity index is 444. The molecule has 0 unspecified atom stereocenters. The van der Waals surface area contributed by atoms with E-state index in [0.717, 1.165) is 18.7 Å². The maximum Gasteiger partial charge on any atom is 0.340 e. The lowest BCUT2D eigenvalue weighted by atomic mass is 10.1. The van der Waals surface area contributed by atoms with Crippen molar-refractivity contribution in [1.29, 1.82) is 0 Å². The summed E-state index contributed by atoms with van der Waals surface area (Å²) in [4.78, 5) is 14.0. The van der Waals surface area contributed by atoms with Crippen LogP contribution in [0.1, 0.15) is 50.4 Å². The Morgan fingerprint density at radius 3 is 2.60 bits per heavy atom. The number of esters is 1. The number of benzene rings is 1. The van der Waals surface area contributed by atoms with Crippen LogP contribution in [0.15, 0.2) is 18.2 Å². The number of nitrogen functional groups attached to an aromatic ring is 1. The maximum atomic E-state index is 11.7. The Morgan fingerprint density at radius 1 is 1.35 bits per heavy atom. The van der Waals surface area contributed by atoms with Gasteiger partial charge in [-0.25, -0.2) is 4.79 Å². The summed E-state index contributed by atoms with van der Waals surface area (Å²) < 4.78 is 4.77. The molecular weight excluding hydrogens is 252 g/mol. The van der Waals surface area contributed by atoms with E-state index in [1.54, 1.807) is 6.07 Å². The van der Waals surface area contributed by atoms with Crippen LogP contribution in [-0.2, 0) is 4.74 Å². The van der Waals surface area contributed by atoms with Gasteiger partial charge in [0.2, 0.25) is 0 Å². The van der Waals surface area contributed by atoms with Crippen molar-refractivity contribution in [3.8, 4) is 0 Å². The Morgan fingerprint density at radius 2 is 2.05 bits per heavy atom. The topological polar surface area (TPSA) is 55.6 Å². The summed E-state index contributed by atoms with van der Waals surface area (Å²) in [6, 6.07) is 5.86. The van der Waals surface area contributed by atoms with Crippen molar-refractivity contribution in [2.75, 3.05) is 24.3 Å². The molecule has 0 aliphatic heterocycles. The minimum Gasteiger partial charge on any atom is -0.465 e. The number of carbonyl (C=O) groups excluding carboxylic acids is 1. The maximum absolute atomic E-state index is 11.7. The van der Waals surface area contributed by atoms with E-state index in [4.69, 9.17) is 10.5 Å². The van der Waals surface area contributed by atoms with E-state index >= 15 is 0 Å². The number of anilines is 2. The number of hydrogen-bond donors (Lipinski definition) is 1. The van der Waals surface area contributed by atoms with Gasteiger partial charge in [0.05, 0.1) is 24.0 Å². The molecule has 4 nitrogen and oxygen atoms in total. The van der Waals surface area contributed by atoms with E-state index in [1.165, 1.54) is 20.0 Å². The summed E-state index contributed by atoms with van der Waals surface area (Å²) in [7, 11) is 1.37. The van der Waals surface area contributed by atoms with Gasteiger partial charge in [-0.2, -0.15) is 0 Å². The van der Waals surface area contributed by atoms with Crippen LogP contribution in [0, 0.1) is 0 Å². The predicted octanol–water partition coefficient (Wildman–Crippen LogP) is 3.46. The first kappa shape index (κ1) is 16.3. The highest BCUT2D eigenvalue weighted by atomic mass is 16.5. The van der Waals surface area contributed by atoms with Gasteiger partial charge in [0.15, 0.2) is 0 Å². The zero-order chi connectivity index (χ0) is 15.1. The number of nitrogens with two attached hydrogens (primary N) is 1. The highest BCUT2D eigenvalue weighted by molar-refractivity contribution is 5.98. The lowest BCUT2D eigenvalue weighted by molar-refractivity contribution is 0.0602. The van der Waals surface area contributed by atoms with E-state index in [-0.39, 0.29) is 5.97 Å². The fourth-order valence-electron chi connectivity index (χ4n) is 2.28. The molecule has 0 atom stereocenters. The molecule has 0 heterocycles. The molecule has 0 saturated heterocycles. The number of para-hydroxylation sites is 1. The van der Waals surface area contributed by atoms with Crippen molar-refractivity contribution < 1.29 is 9.53 Å². The number of rotatable bonds is 7. The third kappa shape index (κ3) is 3.89. The molecule has 0 aliphatic rings. The summed E-state index contributed by atoms with van der Waals surface area (Å²) in [5.74, 6) is -0.387. The van der Waals surface area contributed by atoms with Crippen molar-refractivity contribution in [3.05, 3.63) is 23.8 Å². The Kier molecular flexibility index (Phi) is 6.36. The first-order valence-corrected chi connectivity index (χ1v) is 7.26. The molecule has 0 amide bonds. The standard InChI is InChI=1S/C16H26N2O2/c1-5-6-7-11-18(12(2)3)14-10-8-9-13(15(14)17)16(19)20-4/h8-10,12H,5-7,11,17H2,1-4H3. The number of carbonyl (C=O) groups is 1. The molecule has 4 heteroatoms. The molecule has 0 spiro atoms. The number of hydrogen-bond acceptors (Lipinski definition) is 4. The van der Waals surface area contributed by atoms with Crippen LogP contribution >= 0.6 is 0 Å². The van der Waals surface area contributed by atoms with Crippen molar-refractivity contribution in [3.63, 3.8) is 0 Å². The van der Waals surface area contributed by atoms with Gasteiger partial charge >= 0.3 is 5.97 Å². The van der Waals surface area contributed by atoms with Crippen LogP contribution in [-0.4, -0.2) is 25.7 Å². The number of methoxy groups -OCH3 is 1. The van der Waals surface area contributed by atoms with Gasteiger partial charge in [-0.05, 0) is 32.4 Å². The fourth-order valence-corrected chi connectivity index (χ4v) is 2.28. The number of unbranched alkanes of at least 4 members (excludes halogenated alkanes) is 2. The molecule has 112 valence electrons. The average Bonchev–Trinajstić information content (AvgIpc) is 2.43. The minimum atomic E-state index is -0.387. The van der Waals surface area contributed by atoms with E-state index < -0.39 is 0 Å². The lowest BCUT2D eigenvalue weighted by Gasteiger charge is -2.30.